The second-order valence-electron chi connectivity index (χ2n) is 6.31. The molecule has 1 unspecified atom stereocenters. The number of amides is 1. The quantitative estimate of drug-likeness (QED) is 0.787. The van der Waals surface area contributed by atoms with Crippen molar-refractivity contribution in [1.29, 1.82) is 0 Å². The van der Waals surface area contributed by atoms with Gasteiger partial charge in [-0.25, -0.2) is 0 Å². The summed E-state index contributed by atoms with van der Waals surface area (Å²) in [6, 6.07) is 6.19. The number of ether oxygens (including phenoxy) is 1. The van der Waals surface area contributed by atoms with Crippen molar-refractivity contribution < 1.29 is 9.53 Å². The molecule has 122 valence electrons. The van der Waals surface area contributed by atoms with Gasteiger partial charge in [0.15, 0.2) is 6.10 Å². The molecule has 0 saturated carbocycles. The van der Waals surface area contributed by atoms with Crippen LogP contribution in [0.4, 0.5) is 0 Å². The van der Waals surface area contributed by atoms with Crippen molar-refractivity contribution in [2.45, 2.75) is 45.1 Å². The third-order valence-corrected chi connectivity index (χ3v) is 4.11. The maximum Gasteiger partial charge on any atom is 0.260 e. The highest BCUT2D eigenvalue weighted by Crippen LogP contribution is 2.30. The zero-order valence-corrected chi connectivity index (χ0v) is 14.0. The molecular formula is C18H28N2O2. The van der Waals surface area contributed by atoms with Crippen LogP contribution in [0.15, 0.2) is 18.2 Å². The van der Waals surface area contributed by atoms with Crippen molar-refractivity contribution >= 4 is 5.91 Å². The third kappa shape index (κ3) is 4.73. The molecule has 1 aliphatic carbocycles. The van der Waals surface area contributed by atoms with Crippen LogP contribution in [-0.4, -0.2) is 44.1 Å². The molecule has 0 aromatic heterocycles. The lowest BCUT2D eigenvalue weighted by Gasteiger charge is -2.22. The predicted molar refractivity (Wildman–Crippen MR) is 89.4 cm³/mol. The first-order valence-corrected chi connectivity index (χ1v) is 8.28. The van der Waals surface area contributed by atoms with Gasteiger partial charge < -0.3 is 15.0 Å². The summed E-state index contributed by atoms with van der Waals surface area (Å²) in [7, 11) is 4.07. The van der Waals surface area contributed by atoms with E-state index in [0.717, 1.165) is 31.6 Å². The Labute approximate surface area is 133 Å². The fourth-order valence-corrected chi connectivity index (χ4v) is 2.85. The minimum Gasteiger partial charge on any atom is -0.481 e. The van der Waals surface area contributed by atoms with E-state index in [1.807, 2.05) is 33.2 Å². The molecule has 0 radical (unpaired) electrons. The smallest absolute Gasteiger partial charge is 0.260 e. The summed E-state index contributed by atoms with van der Waals surface area (Å²) < 4.78 is 5.93. The van der Waals surface area contributed by atoms with Gasteiger partial charge in [0.25, 0.3) is 5.91 Å². The molecular weight excluding hydrogens is 276 g/mol. The molecule has 0 heterocycles. The van der Waals surface area contributed by atoms with Crippen molar-refractivity contribution in [3.8, 4) is 5.75 Å². The molecule has 1 atom stereocenters. The van der Waals surface area contributed by atoms with Gasteiger partial charge in [0.1, 0.15) is 5.75 Å². The SMILES string of the molecule is CC(Oc1cccc2c1CCCC2)C(=O)NCCCN(C)C. The lowest BCUT2D eigenvalue weighted by molar-refractivity contribution is -0.127. The molecule has 22 heavy (non-hydrogen) atoms. The number of carbonyl (C=O) groups is 1. The fourth-order valence-electron chi connectivity index (χ4n) is 2.85. The molecule has 4 nitrogen and oxygen atoms in total. The third-order valence-electron chi connectivity index (χ3n) is 4.11. The van der Waals surface area contributed by atoms with Gasteiger partial charge in [-0.15, -0.1) is 0 Å². The molecule has 1 aromatic carbocycles. The van der Waals surface area contributed by atoms with Crippen LogP contribution in [0, 0.1) is 0 Å². The lowest BCUT2D eigenvalue weighted by atomic mass is 9.91. The number of hydrogen-bond acceptors (Lipinski definition) is 3. The van der Waals surface area contributed by atoms with E-state index < -0.39 is 6.10 Å². The maximum atomic E-state index is 12.1. The summed E-state index contributed by atoms with van der Waals surface area (Å²) in [4.78, 5) is 14.2. The van der Waals surface area contributed by atoms with Gasteiger partial charge in [-0.2, -0.15) is 0 Å². The van der Waals surface area contributed by atoms with Gasteiger partial charge >= 0.3 is 0 Å². The summed E-state index contributed by atoms with van der Waals surface area (Å²) in [6.45, 7) is 3.49. The molecule has 1 N–H and O–H groups in total. The normalized spacial score (nSPS) is 15.3. The second-order valence-corrected chi connectivity index (χ2v) is 6.31. The summed E-state index contributed by atoms with van der Waals surface area (Å²) in [5, 5.41) is 2.95. The average Bonchev–Trinajstić information content (AvgIpc) is 2.51. The molecule has 0 saturated heterocycles. The largest absolute Gasteiger partial charge is 0.481 e. The van der Waals surface area contributed by atoms with Crippen LogP contribution in [0.25, 0.3) is 0 Å². The van der Waals surface area contributed by atoms with E-state index >= 15 is 0 Å². The molecule has 1 aromatic rings. The first-order valence-electron chi connectivity index (χ1n) is 8.28. The Morgan fingerprint density at radius 3 is 2.86 bits per heavy atom. The highest BCUT2D eigenvalue weighted by Gasteiger charge is 2.18. The first-order chi connectivity index (χ1) is 10.6. The number of hydrogen-bond donors (Lipinski definition) is 1. The van der Waals surface area contributed by atoms with Gasteiger partial charge in [0.2, 0.25) is 0 Å². The number of fused-ring (bicyclic) bond motifs is 1. The van der Waals surface area contributed by atoms with E-state index in [0.29, 0.717) is 6.54 Å². The Bertz CT molecular complexity index is 500. The highest BCUT2D eigenvalue weighted by molar-refractivity contribution is 5.80. The topological polar surface area (TPSA) is 41.6 Å². The van der Waals surface area contributed by atoms with Crippen LogP contribution >= 0.6 is 0 Å². The number of benzene rings is 1. The van der Waals surface area contributed by atoms with Gasteiger partial charge in [0, 0.05) is 6.54 Å². The Morgan fingerprint density at radius 1 is 1.32 bits per heavy atom. The lowest BCUT2D eigenvalue weighted by Crippen LogP contribution is -2.37. The number of nitrogens with zero attached hydrogens (tertiary/aromatic N) is 1. The minimum absolute atomic E-state index is 0.0350. The zero-order chi connectivity index (χ0) is 15.9. The van der Waals surface area contributed by atoms with E-state index in [2.05, 4.69) is 16.3 Å². The average molecular weight is 304 g/mol. The zero-order valence-electron chi connectivity index (χ0n) is 14.0. The van der Waals surface area contributed by atoms with Crippen LogP contribution < -0.4 is 10.1 Å². The van der Waals surface area contributed by atoms with E-state index in [1.54, 1.807) is 0 Å². The molecule has 0 bridgehead atoms. The molecule has 0 fully saturated rings. The Hall–Kier alpha value is -1.55. The van der Waals surface area contributed by atoms with E-state index in [-0.39, 0.29) is 5.91 Å². The van der Waals surface area contributed by atoms with Crippen molar-refractivity contribution in [3.63, 3.8) is 0 Å². The first kappa shape index (κ1) is 16.8. The molecule has 1 amide bonds. The van der Waals surface area contributed by atoms with E-state index in [1.165, 1.54) is 24.0 Å². The number of aryl methyl sites for hydroxylation is 1. The monoisotopic (exact) mass is 304 g/mol. The molecule has 0 aliphatic heterocycles. The van der Waals surface area contributed by atoms with E-state index in [9.17, 15) is 4.79 Å². The Balaban J connectivity index is 1.86. The number of nitrogens with one attached hydrogen (secondary N) is 1. The summed E-state index contributed by atoms with van der Waals surface area (Å²) >= 11 is 0. The van der Waals surface area contributed by atoms with Gasteiger partial charge in [-0.1, -0.05) is 12.1 Å². The highest BCUT2D eigenvalue weighted by atomic mass is 16.5. The van der Waals surface area contributed by atoms with Crippen molar-refractivity contribution in [3.05, 3.63) is 29.3 Å². The van der Waals surface area contributed by atoms with Crippen LogP contribution in [0.2, 0.25) is 0 Å². The number of rotatable bonds is 7. The second kappa shape index (κ2) is 8.18. The molecule has 4 heteroatoms. The van der Waals surface area contributed by atoms with Crippen LogP contribution in [0.1, 0.15) is 37.3 Å². The standard InChI is InChI=1S/C18H28N2O2/c1-14(18(21)19-12-7-13-20(2)3)22-17-11-6-9-15-8-4-5-10-16(15)17/h6,9,11,14H,4-5,7-8,10,12-13H2,1-3H3,(H,19,21). The van der Waals surface area contributed by atoms with Crippen molar-refractivity contribution in [2.75, 3.05) is 27.2 Å². The van der Waals surface area contributed by atoms with Crippen LogP contribution in [0.5, 0.6) is 5.75 Å². The maximum absolute atomic E-state index is 12.1. The Kier molecular flexibility index (Phi) is 6.25. The van der Waals surface area contributed by atoms with Gasteiger partial charge in [0.05, 0.1) is 0 Å². The molecule has 0 spiro atoms. The summed E-state index contributed by atoms with van der Waals surface area (Å²) in [6.07, 6.45) is 5.14. The van der Waals surface area contributed by atoms with Crippen molar-refractivity contribution in [1.82, 2.24) is 10.2 Å². The van der Waals surface area contributed by atoms with E-state index in [4.69, 9.17) is 4.74 Å². The Morgan fingerprint density at radius 2 is 2.09 bits per heavy atom. The van der Waals surface area contributed by atoms with Crippen LogP contribution in [-0.2, 0) is 17.6 Å². The van der Waals surface area contributed by atoms with Crippen LogP contribution in [0.3, 0.4) is 0 Å². The molecule has 1 aliphatic rings. The summed E-state index contributed by atoms with van der Waals surface area (Å²) in [5.74, 6) is 0.848. The predicted octanol–water partition coefficient (Wildman–Crippen LogP) is 2.40. The number of carbonyl (C=O) groups excluding carboxylic acids is 1. The summed E-state index contributed by atoms with van der Waals surface area (Å²) in [5.41, 5.74) is 2.67. The fraction of sp³-hybridized carbons (Fsp3) is 0.611. The van der Waals surface area contributed by atoms with Gasteiger partial charge in [-0.3, -0.25) is 4.79 Å². The van der Waals surface area contributed by atoms with Gasteiger partial charge in [-0.05, 0) is 76.9 Å². The van der Waals surface area contributed by atoms with Crippen molar-refractivity contribution in [2.24, 2.45) is 0 Å². The minimum atomic E-state index is -0.451. The molecule has 2 rings (SSSR count).